The summed E-state index contributed by atoms with van der Waals surface area (Å²) >= 11 is 30.6. The minimum absolute atomic E-state index is 0.211. The standard InChI is InChI=1S/C12H12Cl5N/c1-6-2-4-18(5-3-6)12-10(16)8(14)7(13)9(15)11(12)17/h6H,2-5H2,1H3. The van der Waals surface area contributed by atoms with Crippen molar-refractivity contribution in [3.63, 3.8) is 0 Å². The summed E-state index contributed by atoms with van der Waals surface area (Å²) in [5.74, 6) is 0.719. The maximum absolute atomic E-state index is 6.24. The molecule has 0 atom stereocenters. The number of benzene rings is 1. The van der Waals surface area contributed by atoms with Crippen LogP contribution in [0.15, 0.2) is 0 Å². The molecule has 0 amide bonds. The van der Waals surface area contributed by atoms with Crippen molar-refractivity contribution >= 4 is 63.7 Å². The zero-order valence-electron chi connectivity index (χ0n) is 9.74. The molecule has 18 heavy (non-hydrogen) atoms. The topological polar surface area (TPSA) is 3.24 Å². The number of piperidine rings is 1. The van der Waals surface area contributed by atoms with Crippen molar-refractivity contribution in [2.24, 2.45) is 5.92 Å². The molecule has 0 bridgehead atoms. The van der Waals surface area contributed by atoms with Gasteiger partial charge in [0.05, 0.1) is 30.8 Å². The fourth-order valence-electron chi connectivity index (χ4n) is 2.10. The summed E-state index contributed by atoms with van der Waals surface area (Å²) in [4.78, 5) is 2.12. The van der Waals surface area contributed by atoms with Gasteiger partial charge in [0.1, 0.15) is 0 Å². The van der Waals surface area contributed by atoms with E-state index < -0.39 is 0 Å². The van der Waals surface area contributed by atoms with Gasteiger partial charge in [-0.3, -0.25) is 0 Å². The van der Waals surface area contributed by atoms with Crippen molar-refractivity contribution in [1.29, 1.82) is 0 Å². The van der Waals surface area contributed by atoms with Gasteiger partial charge in [-0.05, 0) is 18.8 Å². The highest BCUT2D eigenvalue weighted by Crippen LogP contribution is 2.48. The normalized spacial score (nSPS) is 17.3. The van der Waals surface area contributed by atoms with Crippen LogP contribution < -0.4 is 4.90 Å². The fraction of sp³-hybridized carbons (Fsp3) is 0.500. The van der Waals surface area contributed by atoms with E-state index in [2.05, 4.69) is 11.8 Å². The third kappa shape index (κ3) is 2.66. The van der Waals surface area contributed by atoms with Crippen molar-refractivity contribution in [3.8, 4) is 0 Å². The van der Waals surface area contributed by atoms with Crippen LogP contribution in [-0.4, -0.2) is 13.1 Å². The first-order valence-electron chi connectivity index (χ1n) is 5.69. The molecule has 1 saturated heterocycles. The molecule has 1 aliphatic heterocycles. The van der Waals surface area contributed by atoms with E-state index in [1.54, 1.807) is 0 Å². The van der Waals surface area contributed by atoms with Crippen molar-refractivity contribution in [1.82, 2.24) is 0 Å². The summed E-state index contributed by atoms with van der Waals surface area (Å²) in [6.07, 6.45) is 2.20. The Bertz CT molecular complexity index is 437. The van der Waals surface area contributed by atoms with Gasteiger partial charge in [-0.1, -0.05) is 64.9 Å². The SMILES string of the molecule is CC1CCN(c2c(Cl)c(Cl)c(Cl)c(Cl)c2Cl)CC1. The smallest absolute Gasteiger partial charge is 0.0857 e. The molecular formula is C12H12Cl5N. The second kappa shape index (κ2) is 5.85. The maximum atomic E-state index is 6.24. The van der Waals surface area contributed by atoms with Crippen molar-refractivity contribution in [2.75, 3.05) is 18.0 Å². The molecule has 1 nitrogen and oxygen atoms in total. The molecular weight excluding hydrogens is 335 g/mol. The maximum Gasteiger partial charge on any atom is 0.0857 e. The Morgan fingerprint density at radius 2 is 1.17 bits per heavy atom. The number of hydrogen-bond acceptors (Lipinski definition) is 1. The Morgan fingerprint density at radius 1 is 0.778 bits per heavy atom. The van der Waals surface area contributed by atoms with E-state index in [0.29, 0.717) is 15.7 Å². The third-order valence-corrected chi connectivity index (χ3v) is 5.54. The zero-order valence-corrected chi connectivity index (χ0v) is 13.5. The van der Waals surface area contributed by atoms with Gasteiger partial charge in [-0.2, -0.15) is 0 Å². The molecule has 0 saturated carbocycles. The molecule has 100 valence electrons. The first-order valence-corrected chi connectivity index (χ1v) is 7.58. The molecule has 0 spiro atoms. The van der Waals surface area contributed by atoms with Crippen LogP contribution in [0.3, 0.4) is 0 Å². The van der Waals surface area contributed by atoms with E-state index in [-0.39, 0.29) is 15.1 Å². The molecule has 0 unspecified atom stereocenters. The first kappa shape index (κ1) is 14.9. The number of nitrogens with zero attached hydrogens (tertiary/aromatic N) is 1. The first-order chi connectivity index (χ1) is 8.43. The molecule has 1 aromatic rings. The lowest BCUT2D eigenvalue weighted by Gasteiger charge is -2.33. The van der Waals surface area contributed by atoms with Gasteiger partial charge >= 0.3 is 0 Å². The Labute approximate surface area is 132 Å². The lowest BCUT2D eigenvalue weighted by atomic mass is 9.99. The number of halogens is 5. The summed E-state index contributed by atoms with van der Waals surface area (Å²) in [7, 11) is 0. The second-order valence-corrected chi connectivity index (χ2v) is 6.48. The third-order valence-electron chi connectivity index (χ3n) is 3.29. The van der Waals surface area contributed by atoms with E-state index in [1.165, 1.54) is 0 Å². The second-order valence-electron chi connectivity index (χ2n) is 4.59. The largest absolute Gasteiger partial charge is 0.369 e. The molecule has 1 aliphatic rings. The minimum Gasteiger partial charge on any atom is -0.369 e. The van der Waals surface area contributed by atoms with E-state index >= 15 is 0 Å². The predicted octanol–water partition coefficient (Wildman–Crippen LogP) is 6.19. The average Bonchev–Trinajstić information content (AvgIpc) is 2.36. The molecule has 1 aromatic carbocycles. The van der Waals surface area contributed by atoms with Crippen LogP contribution in [0.25, 0.3) is 0 Å². The number of rotatable bonds is 1. The van der Waals surface area contributed by atoms with E-state index in [4.69, 9.17) is 58.0 Å². The van der Waals surface area contributed by atoms with Gasteiger partial charge in [0.15, 0.2) is 0 Å². The summed E-state index contributed by atoms with van der Waals surface area (Å²) < 4.78 is 0. The molecule has 0 aliphatic carbocycles. The average molecular weight is 348 g/mol. The number of hydrogen-bond donors (Lipinski definition) is 0. The molecule has 0 radical (unpaired) electrons. The van der Waals surface area contributed by atoms with Crippen molar-refractivity contribution in [2.45, 2.75) is 19.8 Å². The van der Waals surface area contributed by atoms with Gasteiger partial charge in [-0.15, -0.1) is 0 Å². The van der Waals surface area contributed by atoms with E-state index in [9.17, 15) is 0 Å². The summed E-state index contributed by atoms with van der Waals surface area (Å²) in [6.45, 7) is 4.03. The Balaban J connectivity index is 2.45. The molecule has 1 heterocycles. The zero-order chi connectivity index (χ0) is 13.4. The molecule has 2 rings (SSSR count). The Hall–Kier alpha value is 0.470. The van der Waals surface area contributed by atoms with Gasteiger partial charge in [0.25, 0.3) is 0 Å². The van der Waals surface area contributed by atoms with Gasteiger partial charge < -0.3 is 4.90 Å². The predicted molar refractivity (Wildman–Crippen MR) is 82.1 cm³/mol. The van der Waals surface area contributed by atoms with Crippen LogP contribution in [-0.2, 0) is 0 Å². The van der Waals surface area contributed by atoms with Crippen LogP contribution in [0, 0.1) is 5.92 Å². The Morgan fingerprint density at radius 3 is 1.61 bits per heavy atom. The Kier molecular flexibility index (Phi) is 4.83. The van der Waals surface area contributed by atoms with Crippen LogP contribution in [0.4, 0.5) is 5.69 Å². The molecule has 1 fully saturated rings. The lowest BCUT2D eigenvalue weighted by molar-refractivity contribution is 0.438. The van der Waals surface area contributed by atoms with Crippen molar-refractivity contribution < 1.29 is 0 Å². The highest BCUT2D eigenvalue weighted by Gasteiger charge is 2.25. The highest BCUT2D eigenvalue weighted by molar-refractivity contribution is 6.56. The molecule has 6 heteroatoms. The van der Waals surface area contributed by atoms with Crippen LogP contribution in [0.5, 0.6) is 0 Å². The summed E-state index contributed by atoms with van der Waals surface area (Å²) in [6, 6.07) is 0. The van der Waals surface area contributed by atoms with Gasteiger partial charge in [-0.25, -0.2) is 0 Å². The van der Waals surface area contributed by atoms with Crippen LogP contribution >= 0.6 is 58.0 Å². The van der Waals surface area contributed by atoms with E-state index in [0.717, 1.165) is 31.8 Å². The quantitative estimate of drug-likeness (QED) is 0.432. The lowest BCUT2D eigenvalue weighted by Crippen LogP contribution is -2.33. The van der Waals surface area contributed by atoms with Crippen LogP contribution in [0.2, 0.25) is 25.1 Å². The number of anilines is 1. The summed E-state index contributed by atoms with van der Waals surface area (Å²) in [5.41, 5.74) is 0.699. The monoisotopic (exact) mass is 345 g/mol. The summed E-state index contributed by atoms with van der Waals surface area (Å²) in [5, 5.41) is 1.50. The van der Waals surface area contributed by atoms with Gasteiger partial charge in [0.2, 0.25) is 0 Å². The highest BCUT2D eigenvalue weighted by atomic mass is 35.5. The van der Waals surface area contributed by atoms with Crippen LogP contribution in [0.1, 0.15) is 19.8 Å². The molecule has 0 aromatic heterocycles. The molecule has 0 N–H and O–H groups in total. The van der Waals surface area contributed by atoms with Gasteiger partial charge in [0, 0.05) is 13.1 Å². The fourth-order valence-corrected chi connectivity index (χ4v) is 3.47. The van der Waals surface area contributed by atoms with E-state index in [1.807, 2.05) is 0 Å². The minimum atomic E-state index is 0.211. The van der Waals surface area contributed by atoms with Crippen molar-refractivity contribution in [3.05, 3.63) is 25.1 Å².